The second-order valence-electron chi connectivity index (χ2n) is 6.39. The number of likely N-dealkylation sites (tertiary alicyclic amines) is 1. The number of rotatable bonds is 6. The van der Waals surface area contributed by atoms with Crippen molar-refractivity contribution in [1.29, 1.82) is 0 Å². The van der Waals surface area contributed by atoms with E-state index < -0.39 is 0 Å². The third-order valence-electron chi connectivity index (χ3n) is 4.31. The van der Waals surface area contributed by atoms with Crippen LogP contribution in [0.2, 0.25) is 0 Å². The predicted molar refractivity (Wildman–Crippen MR) is 94.6 cm³/mol. The van der Waals surface area contributed by atoms with E-state index in [1.165, 1.54) is 0 Å². The standard InChI is InChI=1S/C18H24N4O3/c1-13-8-17(25-21-13)12-22-7-6-14(11-22)10-19-18(23)20-15-4-3-5-16(9-15)24-2/h3-5,8-9,14H,6-7,10-12H2,1-2H3,(H2,19,20,23). The first-order valence-electron chi connectivity index (χ1n) is 8.46. The second kappa shape index (κ2) is 8.02. The SMILES string of the molecule is COc1cccc(NC(=O)NCC2CCN(Cc3cc(C)no3)C2)c1. The molecule has 1 aromatic carbocycles. The Balaban J connectivity index is 1.40. The maximum Gasteiger partial charge on any atom is 0.319 e. The molecule has 3 rings (SSSR count). The number of urea groups is 1. The highest BCUT2D eigenvalue weighted by Crippen LogP contribution is 2.19. The van der Waals surface area contributed by atoms with Crippen molar-refractivity contribution < 1.29 is 14.1 Å². The second-order valence-corrected chi connectivity index (χ2v) is 6.39. The summed E-state index contributed by atoms with van der Waals surface area (Å²) >= 11 is 0. The summed E-state index contributed by atoms with van der Waals surface area (Å²) in [6.07, 6.45) is 1.06. The van der Waals surface area contributed by atoms with Gasteiger partial charge in [0.15, 0.2) is 5.76 Å². The van der Waals surface area contributed by atoms with E-state index >= 15 is 0 Å². The Morgan fingerprint density at radius 2 is 2.32 bits per heavy atom. The van der Waals surface area contributed by atoms with Gasteiger partial charge in [0.2, 0.25) is 0 Å². The number of amides is 2. The van der Waals surface area contributed by atoms with Crippen LogP contribution in [0.15, 0.2) is 34.9 Å². The van der Waals surface area contributed by atoms with Gasteiger partial charge < -0.3 is 19.9 Å². The van der Waals surface area contributed by atoms with Gasteiger partial charge in [-0.2, -0.15) is 0 Å². The molecule has 2 heterocycles. The summed E-state index contributed by atoms with van der Waals surface area (Å²) in [6.45, 7) is 5.29. The molecule has 1 unspecified atom stereocenters. The number of benzene rings is 1. The Labute approximate surface area is 147 Å². The van der Waals surface area contributed by atoms with Gasteiger partial charge in [-0.15, -0.1) is 0 Å². The molecule has 2 aromatic rings. The highest BCUT2D eigenvalue weighted by atomic mass is 16.5. The van der Waals surface area contributed by atoms with E-state index in [4.69, 9.17) is 9.26 Å². The predicted octanol–water partition coefficient (Wildman–Crippen LogP) is 2.64. The largest absolute Gasteiger partial charge is 0.497 e. The molecular formula is C18H24N4O3. The fraction of sp³-hybridized carbons (Fsp3) is 0.444. The lowest BCUT2D eigenvalue weighted by molar-refractivity contribution is 0.247. The van der Waals surface area contributed by atoms with Crippen LogP contribution in [0.3, 0.4) is 0 Å². The maximum absolute atomic E-state index is 12.0. The molecule has 0 saturated carbocycles. The van der Waals surface area contributed by atoms with Crippen LogP contribution >= 0.6 is 0 Å². The molecule has 0 aliphatic carbocycles. The van der Waals surface area contributed by atoms with Crippen molar-refractivity contribution in [3.8, 4) is 5.75 Å². The van der Waals surface area contributed by atoms with E-state index in [1.54, 1.807) is 13.2 Å². The van der Waals surface area contributed by atoms with Crippen LogP contribution in [-0.4, -0.2) is 42.8 Å². The van der Waals surface area contributed by atoms with Crippen LogP contribution < -0.4 is 15.4 Å². The fourth-order valence-corrected chi connectivity index (χ4v) is 3.05. The third kappa shape index (κ3) is 4.96. The number of methoxy groups -OCH3 is 1. The maximum atomic E-state index is 12.0. The number of hydrogen-bond acceptors (Lipinski definition) is 5. The normalized spacial score (nSPS) is 17.4. The molecular weight excluding hydrogens is 320 g/mol. The zero-order valence-corrected chi connectivity index (χ0v) is 14.6. The number of aryl methyl sites for hydroxylation is 1. The number of ether oxygens (including phenoxy) is 1. The van der Waals surface area contributed by atoms with Crippen LogP contribution in [0.25, 0.3) is 0 Å². The van der Waals surface area contributed by atoms with E-state index in [-0.39, 0.29) is 6.03 Å². The van der Waals surface area contributed by atoms with Gasteiger partial charge in [-0.3, -0.25) is 4.90 Å². The first-order valence-corrected chi connectivity index (χ1v) is 8.46. The zero-order chi connectivity index (χ0) is 17.6. The van der Waals surface area contributed by atoms with Crippen LogP contribution in [0.1, 0.15) is 17.9 Å². The summed E-state index contributed by atoms with van der Waals surface area (Å²) in [5, 5.41) is 9.69. The van der Waals surface area contributed by atoms with Gasteiger partial charge in [0.05, 0.1) is 19.3 Å². The van der Waals surface area contributed by atoms with Crippen molar-refractivity contribution in [2.75, 3.05) is 32.1 Å². The van der Waals surface area contributed by atoms with Crippen molar-refractivity contribution in [2.24, 2.45) is 5.92 Å². The minimum atomic E-state index is -0.197. The highest BCUT2D eigenvalue weighted by molar-refractivity contribution is 5.89. The van der Waals surface area contributed by atoms with Crippen molar-refractivity contribution in [3.63, 3.8) is 0 Å². The highest BCUT2D eigenvalue weighted by Gasteiger charge is 2.23. The Kier molecular flexibility index (Phi) is 5.55. The number of carbonyl (C=O) groups excluding carboxylic acids is 1. The average molecular weight is 344 g/mol. The summed E-state index contributed by atoms with van der Waals surface area (Å²) in [5.41, 5.74) is 1.62. The molecule has 1 aromatic heterocycles. The molecule has 1 aliphatic heterocycles. The van der Waals surface area contributed by atoms with Gasteiger partial charge in [0.25, 0.3) is 0 Å². The summed E-state index contributed by atoms with van der Waals surface area (Å²) in [4.78, 5) is 14.4. The lowest BCUT2D eigenvalue weighted by Gasteiger charge is -2.15. The van der Waals surface area contributed by atoms with E-state index in [1.807, 2.05) is 31.2 Å². The topological polar surface area (TPSA) is 79.6 Å². The summed E-state index contributed by atoms with van der Waals surface area (Å²) in [7, 11) is 1.60. The molecule has 0 radical (unpaired) electrons. The van der Waals surface area contributed by atoms with E-state index in [2.05, 4.69) is 20.7 Å². The number of carbonyl (C=O) groups is 1. The smallest absolute Gasteiger partial charge is 0.319 e. The molecule has 25 heavy (non-hydrogen) atoms. The van der Waals surface area contributed by atoms with E-state index in [0.717, 1.165) is 37.5 Å². The van der Waals surface area contributed by atoms with Crippen LogP contribution in [0, 0.1) is 12.8 Å². The fourth-order valence-electron chi connectivity index (χ4n) is 3.05. The average Bonchev–Trinajstić information content (AvgIpc) is 3.22. The van der Waals surface area contributed by atoms with Gasteiger partial charge >= 0.3 is 6.03 Å². The molecule has 0 bridgehead atoms. The lowest BCUT2D eigenvalue weighted by atomic mass is 10.1. The molecule has 1 fully saturated rings. The first-order chi connectivity index (χ1) is 12.1. The third-order valence-corrected chi connectivity index (χ3v) is 4.31. The van der Waals surface area contributed by atoms with Crippen LogP contribution in [0.5, 0.6) is 5.75 Å². The van der Waals surface area contributed by atoms with Crippen LogP contribution in [0.4, 0.5) is 10.5 Å². The molecule has 134 valence electrons. The summed E-state index contributed by atoms with van der Waals surface area (Å²) < 4.78 is 10.4. The number of aromatic nitrogens is 1. The molecule has 2 amide bonds. The Hall–Kier alpha value is -2.54. The van der Waals surface area contributed by atoms with Gasteiger partial charge in [-0.1, -0.05) is 11.2 Å². The summed E-state index contributed by atoms with van der Waals surface area (Å²) in [5.74, 6) is 2.05. The van der Waals surface area contributed by atoms with Crippen molar-refractivity contribution in [2.45, 2.75) is 19.9 Å². The van der Waals surface area contributed by atoms with Crippen molar-refractivity contribution in [1.82, 2.24) is 15.4 Å². The molecule has 1 aliphatic rings. The Bertz CT molecular complexity index is 716. The van der Waals surface area contributed by atoms with E-state index in [0.29, 0.717) is 23.9 Å². The molecule has 7 nitrogen and oxygen atoms in total. The molecule has 2 N–H and O–H groups in total. The van der Waals surface area contributed by atoms with Gasteiger partial charge in [-0.05, 0) is 37.9 Å². The van der Waals surface area contributed by atoms with Gasteiger partial charge in [-0.25, -0.2) is 4.79 Å². The monoisotopic (exact) mass is 344 g/mol. The number of hydrogen-bond donors (Lipinski definition) is 2. The molecule has 1 saturated heterocycles. The summed E-state index contributed by atoms with van der Waals surface area (Å²) in [6, 6.07) is 9.07. The molecule has 7 heteroatoms. The van der Waals surface area contributed by atoms with Crippen LogP contribution in [-0.2, 0) is 6.54 Å². The van der Waals surface area contributed by atoms with E-state index in [9.17, 15) is 4.79 Å². The molecule has 1 atom stereocenters. The molecule has 0 spiro atoms. The number of nitrogens with zero attached hydrogens (tertiary/aromatic N) is 2. The number of nitrogens with one attached hydrogen (secondary N) is 2. The Morgan fingerprint density at radius 3 is 3.08 bits per heavy atom. The minimum absolute atomic E-state index is 0.197. The van der Waals surface area contributed by atoms with Crippen molar-refractivity contribution in [3.05, 3.63) is 41.8 Å². The first kappa shape index (κ1) is 17.3. The quantitative estimate of drug-likeness (QED) is 0.842. The minimum Gasteiger partial charge on any atom is -0.497 e. The Morgan fingerprint density at radius 1 is 1.44 bits per heavy atom. The van der Waals surface area contributed by atoms with Gasteiger partial charge in [0, 0.05) is 30.9 Å². The lowest BCUT2D eigenvalue weighted by Crippen LogP contribution is -2.34. The van der Waals surface area contributed by atoms with Crippen molar-refractivity contribution >= 4 is 11.7 Å². The van der Waals surface area contributed by atoms with Gasteiger partial charge in [0.1, 0.15) is 5.75 Å². The number of anilines is 1. The zero-order valence-electron chi connectivity index (χ0n) is 14.6.